The summed E-state index contributed by atoms with van der Waals surface area (Å²) in [6.45, 7) is 8.28. The van der Waals surface area contributed by atoms with Gasteiger partial charge in [-0.1, -0.05) is 51.1 Å². The first-order valence-corrected chi connectivity index (χ1v) is 11.5. The Morgan fingerprint density at radius 1 is 1.06 bits per heavy atom. The van der Waals surface area contributed by atoms with Crippen LogP contribution >= 0.6 is 0 Å². The Hall–Kier alpha value is -2.47. The lowest BCUT2D eigenvalue weighted by molar-refractivity contribution is -0.0819. The van der Waals surface area contributed by atoms with Crippen molar-refractivity contribution in [2.45, 2.75) is 57.3 Å². The smallest absolute Gasteiger partial charge is 0.119 e. The van der Waals surface area contributed by atoms with E-state index >= 15 is 0 Å². The zero-order valence-electron chi connectivity index (χ0n) is 19.3. The number of likely N-dealkylation sites (tertiary alicyclic amines) is 1. The number of hydrogen-bond acceptors (Lipinski definition) is 5. The largest absolute Gasteiger partial charge is 0.493 e. The molecule has 2 aromatic carbocycles. The number of pyridine rings is 1. The van der Waals surface area contributed by atoms with Gasteiger partial charge in [-0.2, -0.15) is 0 Å². The summed E-state index contributed by atoms with van der Waals surface area (Å²) < 4.78 is 5.84. The summed E-state index contributed by atoms with van der Waals surface area (Å²) >= 11 is 0. The van der Waals surface area contributed by atoms with Gasteiger partial charge in [0.1, 0.15) is 12.0 Å². The molecule has 0 spiro atoms. The molecular formula is C27H34N2O3. The van der Waals surface area contributed by atoms with E-state index in [1.54, 1.807) is 6.20 Å². The van der Waals surface area contributed by atoms with Gasteiger partial charge in [0.05, 0.1) is 17.7 Å². The summed E-state index contributed by atoms with van der Waals surface area (Å²) in [4.78, 5) is 6.53. The minimum Gasteiger partial charge on any atom is -0.493 e. The van der Waals surface area contributed by atoms with Crippen LogP contribution in [0.1, 0.15) is 51.2 Å². The third-order valence-electron chi connectivity index (χ3n) is 6.54. The van der Waals surface area contributed by atoms with Crippen molar-refractivity contribution in [3.63, 3.8) is 0 Å². The fraction of sp³-hybridized carbons (Fsp3) is 0.444. The van der Waals surface area contributed by atoms with Crippen LogP contribution < -0.4 is 4.74 Å². The molecule has 2 heterocycles. The molecule has 170 valence electrons. The molecule has 1 fully saturated rings. The van der Waals surface area contributed by atoms with Crippen molar-refractivity contribution in [1.29, 1.82) is 0 Å². The van der Waals surface area contributed by atoms with Crippen molar-refractivity contribution in [2.24, 2.45) is 0 Å². The SMILES string of the molecule is CC(C)(C)c1ccc(OCC[C@H](O)N2CCC(O)(c3cnc4ccccc4c3)CC2)cc1. The molecule has 0 amide bonds. The van der Waals surface area contributed by atoms with E-state index in [0.717, 1.165) is 22.2 Å². The molecule has 32 heavy (non-hydrogen) atoms. The minimum absolute atomic E-state index is 0.119. The number of aliphatic hydroxyl groups is 2. The third-order valence-corrected chi connectivity index (χ3v) is 6.54. The predicted molar refractivity (Wildman–Crippen MR) is 128 cm³/mol. The second kappa shape index (κ2) is 9.18. The van der Waals surface area contributed by atoms with Gasteiger partial charge in [-0.3, -0.25) is 9.88 Å². The first-order chi connectivity index (χ1) is 15.2. The van der Waals surface area contributed by atoms with Gasteiger partial charge in [0, 0.05) is 36.7 Å². The van der Waals surface area contributed by atoms with Crippen molar-refractivity contribution in [3.05, 3.63) is 71.9 Å². The normalized spacial score (nSPS) is 17.9. The zero-order valence-corrected chi connectivity index (χ0v) is 19.3. The number of fused-ring (bicyclic) bond motifs is 1. The second-order valence-corrected chi connectivity index (χ2v) is 9.88. The molecule has 5 nitrogen and oxygen atoms in total. The number of rotatable bonds is 6. The molecule has 3 aromatic rings. The van der Waals surface area contributed by atoms with Crippen LogP contribution in [0.4, 0.5) is 0 Å². The van der Waals surface area contributed by atoms with Gasteiger partial charge in [-0.15, -0.1) is 0 Å². The fourth-order valence-corrected chi connectivity index (χ4v) is 4.32. The third kappa shape index (κ3) is 5.12. The molecule has 1 aliphatic rings. The predicted octanol–water partition coefficient (Wildman–Crippen LogP) is 4.60. The molecule has 2 N–H and O–H groups in total. The average Bonchev–Trinajstić information content (AvgIpc) is 2.79. The van der Waals surface area contributed by atoms with E-state index in [0.29, 0.717) is 39.0 Å². The molecule has 1 atom stereocenters. The van der Waals surface area contributed by atoms with Crippen molar-refractivity contribution in [3.8, 4) is 5.75 Å². The number of aromatic nitrogens is 1. The molecule has 0 radical (unpaired) electrons. The van der Waals surface area contributed by atoms with Gasteiger partial charge in [0.25, 0.3) is 0 Å². The summed E-state index contributed by atoms with van der Waals surface area (Å²) in [6, 6.07) is 18.2. The van der Waals surface area contributed by atoms with Gasteiger partial charge in [-0.05, 0) is 48.1 Å². The zero-order chi connectivity index (χ0) is 22.8. The summed E-state index contributed by atoms with van der Waals surface area (Å²) in [6.07, 6.45) is 2.87. The number of piperidine rings is 1. The average molecular weight is 435 g/mol. The maximum Gasteiger partial charge on any atom is 0.119 e. The monoisotopic (exact) mass is 434 g/mol. The van der Waals surface area contributed by atoms with Gasteiger partial charge in [-0.25, -0.2) is 0 Å². The Morgan fingerprint density at radius 2 is 1.75 bits per heavy atom. The molecule has 1 aliphatic heterocycles. The first-order valence-electron chi connectivity index (χ1n) is 11.5. The number of para-hydroxylation sites is 1. The molecule has 0 saturated carbocycles. The number of nitrogens with zero attached hydrogens (tertiary/aromatic N) is 2. The Bertz CT molecular complexity index is 1030. The first kappa shape index (κ1) is 22.7. The van der Waals surface area contributed by atoms with E-state index in [4.69, 9.17) is 4.74 Å². The summed E-state index contributed by atoms with van der Waals surface area (Å²) in [5.41, 5.74) is 2.27. The van der Waals surface area contributed by atoms with Gasteiger partial charge < -0.3 is 14.9 Å². The molecule has 1 aromatic heterocycles. The van der Waals surface area contributed by atoms with E-state index in [2.05, 4.69) is 37.9 Å². The van der Waals surface area contributed by atoms with Crippen LogP contribution in [0.25, 0.3) is 10.9 Å². The summed E-state index contributed by atoms with van der Waals surface area (Å²) in [5.74, 6) is 0.821. The number of ether oxygens (including phenoxy) is 1. The molecule has 0 aliphatic carbocycles. The van der Waals surface area contributed by atoms with Crippen molar-refractivity contribution in [2.75, 3.05) is 19.7 Å². The van der Waals surface area contributed by atoms with Crippen LogP contribution in [0.2, 0.25) is 0 Å². The highest BCUT2D eigenvalue weighted by atomic mass is 16.5. The van der Waals surface area contributed by atoms with Gasteiger partial charge in [0.15, 0.2) is 0 Å². The minimum atomic E-state index is -0.904. The molecule has 4 rings (SSSR count). The van der Waals surface area contributed by atoms with E-state index in [1.807, 2.05) is 47.4 Å². The van der Waals surface area contributed by atoms with Crippen LogP contribution in [0.3, 0.4) is 0 Å². The summed E-state index contributed by atoms with van der Waals surface area (Å²) in [7, 11) is 0. The Labute approximate surface area is 190 Å². The molecule has 0 unspecified atom stereocenters. The van der Waals surface area contributed by atoms with Crippen LogP contribution in [0, 0.1) is 0 Å². The Kier molecular flexibility index (Phi) is 6.52. The van der Waals surface area contributed by atoms with Gasteiger partial charge in [0.2, 0.25) is 0 Å². The van der Waals surface area contributed by atoms with Crippen molar-refractivity contribution in [1.82, 2.24) is 9.88 Å². The van der Waals surface area contributed by atoms with E-state index < -0.39 is 11.8 Å². The Balaban J connectivity index is 1.28. The van der Waals surface area contributed by atoms with Crippen LogP contribution in [0.15, 0.2) is 60.8 Å². The molecule has 1 saturated heterocycles. The number of hydrogen-bond donors (Lipinski definition) is 2. The van der Waals surface area contributed by atoms with Crippen molar-refractivity contribution < 1.29 is 14.9 Å². The molecular weight excluding hydrogens is 400 g/mol. The number of aliphatic hydroxyl groups excluding tert-OH is 1. The topological polar surface area (TPSA) is 65.8 Å². The second-order valence-electron chi connectivity index (χ2n) is 9.88. The lowest BCUT2D eigenvalue weighted by Crippen LogP contribution is -2.47. The highest BCUT2D eigenvalue weighted by Gasteiger charge is 2.36. The summed E-state index contributed by atoms with van der Waals surface area (Å²) in [5, 5.41) is 22.9. The standard InChI is InChI=1S/C27H34N2O3/c1-26(2,3)21-8-10-23(11-9-21)32-17-12-25(30)29-15-13-27(31,14-16-29)22-18-20-6-4-5-7-24(20)28-19-22/h4-11,18-19,25,30-31H,12-17H2,1-3H3/t25-/m0/s1. The quantitative estimate of drug-likeness (QED) is 0.593. The van der Waals surface area contributed by atoms with E-state index in [1.165, 1.54) is 5.56 Å². The van der Waals surface area contributed by atoms with Crippen LogP contribution in [0.5, 0.6) is 5.75 Å². The fourth-order valence-electron chi connectivity index (χ4n) is 4.32. The lowest BCUT2D eigenvalue weighted by Gasteiger charge is -2.40. The van der Waals surface area contributed by atoms with Gasteiger partial charge >= 0.3 is 0 Å². The lowest BCUT2D eigenvalue weighted by atomic mass is 9.84. The van der Waals surface area contributed by atoms with Crippen LogP contribution in [-0.4, -0.2) is 46.0 Å². The highest BCUT2D eigenvalue weighted by molar-refractivity contribution is 5.78. The molecule has 5 heteroatoms. The maximum absolute atomic E-state index is 11.2. The van der Waals surface area contributed by atoms with Crippen LogP contribution in [-0.2, 0) is 11.0 Å². The van der Waals surface area contributed by atoms with E-state index in [-0.39, 0.29) is 5.41 Å². The Morgan fingerprint density at radius 3 is 2.44 bits per heavy atom. The van der Waals surface area contributed by atoms with Crippen molar-refractivity contribution >= 4 is 10.9 Å². The number of benzene rings is 2. The maximum atomic E-state index is 11.2. The highest BCUT2D eigenvalue weighted by Crippen LogP contribution is 2.34. The van der Waals surface area contributed by atoms with E-state index in [9.17, 15) is 10.2 Å². The molecule has 0 bridgehead atoms.